The predicted octanol–water partition coefficient (Wildman–Crippen LogP) is 1.96. The van der Waals surface area contributed by atoms with E-state index < -0.39 is 5.60 Å². The van der Waals surface area contributed by atoms with Gasteiger partial charge in [0.2, 0.25) is 0 Å². The Balaban J connectivity index is 2.15. The Morgan fingerprint density at radius 3 is 2.89 bits per heavy atom. The van der Waals surface area contributed by atoms with E-state index in [-0.39, 0.29) is 12.1 Å². The Kier molecular flexibility index (Phi) is 4.04. The van der Waals surface area contributed by atoms with Crippen molar-refractivity contribution in [3.8, 4) is 0 Å². The summed E-state index contributed by atoms with van der Waals surface area (Å²) in [6.07, 6.45) is 1.47. The molecule has 1 aliphatic rings. The quantitative estimate of drug-likeness (QED) is 0.841. The van der Waals surface area contributed by atoms with Gasteiger partial charge in [-0.05, 0) is 32.9 Å². The van der Waals surface area contributed by atoms with Gasteiger partial charge in [0, 0.05) is 25.8 Å². The van der Waals surface area contributed by atoms with Crippen molar-refractivity contribution in [2.24, 2.45) is 0 Å². The van der Waals surface area contributed by atoms with Crippen LogP contribution in [0.4, 0.5) is 4.79 Å². The first kappa shape index (κ1) is 13.8. The molecule has 1 aliphatic heterocycles. The molecule has 0 aromatic carbocycles. The number of amides is 1. The maximum atomic E-state index is 12.2. The van der Waals surface area contributed by atoms with Gasteiger partial charge in [0.25, 0.3) is 0 Å². The van der Waals surface area contributed by atoms with E-state index in [9.17, 15) is 4.79 Å². The summed E-state index contributed by atoms with van der Waals surface area (Å²) >= 11 is 0. The Morgan fingerprint density at radius 2 is 2.26 bits per heavy atom. The third-order valence-electron chi connectivity index (χ3n) is 2.90. The van der Waals surface area contributed by atoms with Gasteiger partial charge in [0.15, 0.2) is 0 Å². The van der Waals surface area contributed by atoms with Crippen molar-refractivity contribution >= 4 is 6.09 Å². The fraction of sp³-hybridized carbons (Fsp3) is 0.571. The highest BCUT2D eigenvalue weighted by molar-refractivity contribution is 5.69. The zero-order chi connectivity index (χ0) is 13.9. The molecule has 0 radical (unpaired) electrons. The van der Waals surface area contributed by atoms with Gasteiger partial charge in [0.1, 0.15) is 5.60 Å². The first-order chi connectivity index (χ1) is 8.97. The van der Waals surface area contributed by atoms with E-state index in [1.54, 1.807) is 11.1 Å². The van der Waals surface area contributed by atoms with Gasteiger partial charge < -0.3 is 10.1 Å². The zero-order valence-electron chi connectivity index (χ0n) is 11.7. The van der Waals surface area contributed by atoms with Crippen LogP contribution >= 0.6 is 0 Å². The van der Waals surface area contributed by atoms with Crippen LogP contribution in [-0.4, -0.2) is 41.2 Å². The number of hydrogen-bond acceptors (Lipinski definition) is 4. The fourth-order valence-electron chi connectivity index (χ4n) is 2.08. The zero-order valence-corrected chi connectivity index (χ0v) is 11.7. The number of rotatable bonds is 1. The Bertz CT molecular complexity index is 428. The number of ether oxygens (including phenoxy) is 1. The van der Waals surface area contributed by atoms with Crippen molar-refractivity contribution < 1.29 is 9.53 Å². The van der Waals surface area contributed by atoms with E-state index in [1.807, 2.05) is 39.0 Å². The van der Waals surface area contributed by atoms with Crippen molar-refractivity contribution in [3.63, 3.8) is 0 Å². The van der Waals surface area contributed by atoms with Gasteiger partial charge >= 0.3 is 6.09 Å². The lowest BCUT2D eigenvalue weighted by Crippen LogP contribution is -2.50. The molecule has 0 saturated carbocycles. The van der Waals surface area contributed by atoms with Crippen molar-refractivity contribution in [2.45, 2.75) is 32.4 Å². The van der Waals surface area contributed by atoms with Gasteiger partial charge in [-0.25, -0.2) is 4.79 Å². The molecule has 1 aromatic rings. The van der Waals surface area contributed by atoms with Crippen LogP contribution in [0.3, 0.4) is 0 Å². The Hall–Kier alpha value is -1.62. The summed E-state index contributed by atoms with van der Waals surface area (Å²) in [5.74, 6) is 0. The Labute approximate surface area is 114 Å². The van der Waals surface area contributed by atoms with E-state index in [2.05, 4.69) is 10.3 Å². The molecule has 1 amide bonds. The molecule has 1 aromatic heterocycles. The lowest BCUT2D eigenvalue weighted by atomic mass is 10.1. The molecule has 104 valence electrons. The second-order valence-corrected chi connectivity index (χ2v) is 5.65. The van der Waals surface area contributed by atoms with Crippen molar-refractivity contribution in [2.75, 3.05) is 19.6 Å². The topological polar surface area (TPSA) is 54.5 Å². The lowest BCUT2D eigenvalue weighted by Gasteiger charge is -2.36. The largest absolute Gasteiger partial charge is 0.444 e. The van der Waals surface area contributed by atoms with E-state index in [0.29, 0.717) is 13.1 Å². The molecule has 0 unspecified atom stereocenters. The van der Waals surface area contributed by atoms with Gasteiger partial charge in [0.05, 0.1) is 11.7 Å². The number of carbonyl (C=O) groups is 1. The molecule has 1 saturated heterocycles. The van der Waals surface area contributed by atoms with Crippen LogP contribution in [0.2, 0.25) is 0 Å². The fourth-order valence-corrected chi connectivity index (χ4v) is 2.08. The SMILES string of the molecule is CC(C)(C)OC(=O)N1CCNC[C@H]1c1ccccn1. The van der Waals surface area contributed by atoms with Crippen LogP contribution in [0.25, 0.3) is 0 Å². The maximum Gasteiger partial charge on any atom is 0.410 e. The van der Waals surface area contributed by atoms with Gasteiger partial charge in [-0.3, -0.25) is 9.88 Å². The third kappa shape index (κ3) is 3.67. The molecule has 1 atom stereocenters. The van der Waals surface area contributed by atoms with Crippen LogP contribution in [0.1, 0.15) is 32.5 Å². The molecule has 1 N–H and O–H groups in total. The monoisotopic (exact) mass is 263 g/mol. The number of aromatic nitrogens is 1. The first-order valence-corrected chi connectivity index (χ1v) is 6.58. The number of carbonyl (C=O) groups excluding carboxylic acids is 1. The van der Waals surface area contributed by atoms with E-state index >= 15 is 0 Å². The molecule has 0 spiro atoms. The molecule has 0 bridgehead atoms. The standard InChI is InChI=1S/C14H21N3O2/c1-14(2,3)19-13(18)17-9-8-15-10-12(17)11-6-4-5-7-16-11/h4-7,12,15H,8-10H2,1-3H3/t12-/m0/s1. The number of nitrogens with zero attached hydrogens (tertiary/aromatic N) is 2. The summed E-state index contributed by atoms with van der Waals surface area (Å²) in [4.78, 5) is 18.3. The molecule has 2 heterocycles. The maximum absolute atomic E-state index is 12.2. The van der Waals surface area contributed by atoms with Crippen LogP contribution < -0.4 is 5.32 Å². The molecular formula is C14H21N3O2. The van der Waals surface area contributed by atoms with Gasteiger partial charge in [-0.15, -0.1) is 0 Å². The molecular weight excluding hydrogens is 242 g/mol. The van der Waals surface area contributed by atoms with E-state index in [1.165, 1.54) is 0 Å². The van der Waals surface area contributed by atoms with Crippen LogP contribution in [0.5, 0.6) is 0 Å². The average molecular weight is 263 g/mol. The summed E-state index contributed by atoms with van der Waals surface area (Å²) in [6.45, 7) is 7.75. The number of piperazine rings is 1. The molecule has 5 nitrogen and oxygen atoms in total. The highest BCUT2D eigenvalue weighted by Crippen LogP contribution is 2.22. The van der Waals surface area contributed by atoms with Gasteiger partial charge in [-0.1, -0.05) is 6.07 Å². The molecule has 19 heavy (non-hydrogen) atoms. The minimum atomic E-state index is -0.476. The van der Waals surface area contributed by atoms with Crippen LogP contribution in [0.15, 0.2) is 24.4 Å². The minimum Gasteiger partial charge on any atom is -0.444 e. The van der Waals surface area contributed by atoms with Crippen molar-refractivity contribution in [1.82, 2.24) is 15.2 Å². The summed E-state index contributed by atoms with van der Waals surface area (Å²) in [5, 5.41) is 3.29. The normalized spacial score (nSPS) is 20.2. The highest BCUT2D eigenvalue weighted by atomic mass is 16.6. The molecule has 1 fully saturated rings. The van der Waals surface area contributed by atoms with Crippen molar-refractivity contribution in [3.05, 3.63) is 30.1 Å². The highest BCUT2D eigenvalue weighted by Gasteiger charge is 2.31. The summed E-state index contributed by atoms with van der Waals surface area (Å²) in [7, 11) is 0. The lowest BCUT2D eigenvalue weighted by molar-refractivity contribution is 0.0113. The smallest absolute Gasteiger partial charge is 0.410 e. The van der Waals surface area contributed by atoms with Crippen LogP contribution in [-0.2, 0) is 4.74 Å². The third-order valence-corrected chi connectivity index (χ3v) is 2.90. The van der Waals surface area contributed by atoms with Crippen LogP contribution in [0, 0.1) is 0 Å². The van der Waals surface area contributed by atoms with Gasteiger partial charge in [-0.2, -0.15) is 0 Å². The minimum absolute atomic E-state index is 0.0650. The molecule has 2 rings (SSSR count). The number of hydrogen-bond donors (Lipinski definition) is 1. The number of pyridine rings is 1. The van der Waals surface area contributed by atoms with Crippen molar-refractivity contribution in [1.29, 1.82) is 0 Å². The summed E-state index contributed by atoms with van der Waals surface area (Å²) in [6, 6.07) is 5.68. The second kappa shape index (κ2) is 5.57. The molecule has 0 aliphatic carbocycles. The Morgan fingerprint density at radius 1 is 1.47 bits per heavy atom. The molecule has 5 heteroatoms. The average Bonchev–Trinajstić information content (AvgIpc) is 2.38. The van der Waals surface area contributed by atoms with E-state index in [4.69, 9.17) is 4.74 Å². The first-order valence-electron chi connectivity index (χ1n) is 6.58. The van der Waals surface area contributed by atoms with E-state index in [0.717, 1.165) is 12.2 Å². The number of nitrogens with one attached hydrogen (secondary N) is 1. The predicted molar refractivity (Wildman–Crippen MR) is 72.8 cm³/mol. The summed E-state index contributed by atoms with van der Waals surface area (Å²) < 4.78 is 5.46. The second-order valence-electron chi connectivity index (χ2n) is 5.65. The summed E-state index contributed by atoms with van der Waals surface area (Å²) in [5.41, 5.74) is 0.414.